The topological polar surface area (TPSA) is 63.4 Å². The minimum atomic E-state index is 0.352. The van der Waals surface area contributed by atoms with Gasteiger partial charge in [0.1, 0.15) is 0 Å². The number of rotatable bonds is 3. The largest absolute Gasteiger partial charge is 0.378 e. The lowest BCUT2D eigenvalue weighted by Gasteiger charge is -2.25. The van der Waals surface area contributed by atoms with E-state index in [2.05, 4.69) is 20.4 Å². The van der Waals surface area contributed by atoms with Crippen molar-refractivity contribution in [2.75, 3.05) is 38.3 Å². The summed E-state index contributed by atoms with van der Waals surface area (Å²) in [5.74, 6) is 1.87. The van der Waals surface area contributed by atoms with E-state index in [1.165, 1.54) is 25.7 Å². The average molecular weight is 280 g/mol. The van der Waals surface area contributed by atoms with Gasteiger partial charge in [0.2, 0.25) is 5.89 Å². The van der Waals surface area contributed by atoms with Gasteiger partial charge in [-0.3, -0.25) is 0 Å². The molecule has 6 nitrogen and oxygen atoms in total. The fourth-order valence-corrected chi connectivity index (χ4v) is 3.22. The van der Waals surface area contributed by atoms with Crippen LogP contribution in [0.25, 0.3) is 0 Å². The maximum Gasteiger partial charge on any atom is 0.266 e. The van der Waals surface area contributed by atoms with E-state index in [1.54, 1.807) is 0 Å². The van der Waals surface area contributed by atoms with Gasteiger partial charge in [-0.15, -0.1) is 0 Å². The normalized spacial score (nSPS) is 28.4. The molecule has 0 amide bonds. The second kappa shape index (κ2) is 6.54. The Labute approximate surface area is 119 Å². The van der Waals surface area contributed by atoms with Crippen LogP contribution in [0.3, 0.4) is 0 Å². The van der Waals surface area contributed by atoms with E-state index in [-0.39, 0.29) is 0 Å². The van der Waals surface area contributed by atoms with Crippen LogP contribution in [-0.4, -0.2) is 49.5 Å². The number of aromatic nitrogens is 2. The van der Waals surface area contributed by atoms with Crippen molar-refractivity contribution in [2.24, 2.45) is 0 Å². The van der Waals surface area contributed by atoms with E-state index in [0.717, 1.165) is 44.6 Å². The Bertz CT molecular complexity index is 417. The second-order valence-corrected chi connectivity index (χ2v) is 5.67. The molecule has 1 saturated carbocycles. The molecule has 1 N–H and O–H groups in total. The van der Waals surface area contributed by atoms with E-state index in [1.807, 2.05) is 7.05 Å². The van der Waals surface area contributed by atoms with Gasteiger partial charge in [0.15, 0.2) is 0 Å². The number of likely N-dealkylation sites (N-methyl/N-ethyl adjacent to an activating group) is 1. The molecule has 112 valence electrons. The molecule has 2 aliphatic rings. The monoisotopic (exact) mass is 280 g/mol. The van der Waals surface area contributed by atoms with Crippen LogP contribution in [-0.2, 0) is 4.74 Å². The molecule has 0 radical (unpaired) electrons. The highest BCUT2D eigenvalue weighted by Gasteiger charge is 2.29. The van der Waals surface area contributed by atoms with Crippen molar-refractivity contribution < 1.29 is 9.26 Å². The predicted octanol–water partition coefficient (Wildman–Crippen LogP) is 1.54. The Balaban J connectivity index is 1.73. The summed E-state index contributed by atoms with van der Waals surface area (Å²) in [5, 5.41) is 7.59. The zero-order valence-corrected chi connectivity index (χ0v) is 12.2. The molecule has 1 saturated heterocycles. The highest BCUT2D eigenvalue weighted by molar-refractivity contribution is 5.28. The summed E-state index contributed by atoms with van der Waals surface area (Å²) in [4.78, 5) is 6.79. The van der Waals surface area contributed by atoms with Gasteiger partial charge < -0.3 is 19.5 Å². The van der Waals surface area contributed by atoms with Gasteiger partial charge in [-0.25, -0.2) is 0 Å². The van der Waals surface area contributed by atoms with E-state index in [4.69, 9.17) is 9.26 Å². The van der Waals surface area contributed by atoms with Crippen LogP contribution in [0.2, 0.25) is 0 Å². The van der Waals surface area contributed by atoms with Crippen molar-refractivity contribution >= 4 is 5.95 Å². The van der Waals surface area contributed by atoms with Crippen LogP contribution >= 0.6 is 0 Å². The van der Waals surface area contributed by atoms with Crippen molar-refractivity contribution in [1.29, 1.82) is 0 Å². The number of morpholine rings is 1. The summed E-state index contributed by atoms with van der Waals surface area (Å²) in [5.41, 5.74) is 0. The summed E-state index contributed by atoms with van der Waals surface area (Å²) >= 11 is 0. The molecule has 1 aromatic heterocycles. The van der Waals surface area contributed by atoms with Crippen LogP contribution < -0.4 is 10.2 Å². The predicted molar refractivity (Wildman–Crippen MR) is 76.0 cm³/mol. The SMILES string of the molecule is CNC1CCCCCC1c1nc(N2CCOCC2)no1. The average Bonchev–Trinajstić information content (AvgIpc) is 2.87. The molecule has 1 aliphatic heterocycles. The van der Waals surface area contributed by atoms with Gasteiger partial charge in [0.05, 0.1) is 19.1 Å². The minimum absolute atomic E-state index is 0.352. The maximum atomic E-state index is 5.56. The number of ether oxygens (including phenoxy) is 1. The fraction of sp³-hybridized carbons (Fsp3) is 0.857. The van der Waals surface area contributed by atoms with Crippen LogP contribution in [0.1, 0.15) is 43.9 Å². The fourth-order valence-electron chi connectivity index (χ4n) is 3.22. The third kappa shape index (κ3) is 2.96. The molecular weight excluding hydrogens is 256 g/mol. The van der Waals surface area contributed by atoms with Crippen molar-refractivity contribution in [2.45, 2.75) is 44.1 Å². The van der Waals surface area contributed by atoms with Crippen LogP contribution in [0.5, 0.6) is 0 Å². The van der Waals surface area contributed by atoms with E-state index >= 15 is 0 Å². The molecule has 1 aromatic rings. The molecular formula is C14H24N4O2. The Hall–Kier alpha value is -1.14. The first-order chi connectivity index (χ1) is 9.88. The van der Waals surface area contributed by atoms with Crippen molar-refractivity contribution in [1.82, 2.24) is 15.5 Å². The van der Waals surface area contributed by atoms with Gasteiger partial charge in [-0.05, 0) is 25.0 Å². The van der Waals surface area contributed by atoms with Crippen molar-refractivity contribution in [3.63, 3.8) is 0 Å². The molecule has 20 heavy (non-hydrogen) atoms. The zero-order valence-electron chi connectivity index (χ0n) is 12.2. The number of hydrogen-bond acceptors (Lipinski definition) is 6. The highest BCUT2D eigenvalue weighted by Crippen LogP contribution is 2.31. The van der Waals surface area contributed by atoms with Crippen molar-refractivity contribution in [3.05, 3.63) is 5.89 Å². The van der Waals surface area contributed by atoms with Crippen LogP contribution in [0, 0.1) is 0 Å². The summed E-state index contributed by atoms with van der Waals surface area (Å²) in [6.07, 6.45) is 6.16. The molecule has 1 aliphatic carbocycles. The Kier molecular flexibility index (Phi) is 4.52. The van der Waals surface area contributed by atoms with E-state index in [9.17, 15) is 0 Å². The number of anilines is 1. The van der Waals surface area contributed by atoms with Gasteiger partial charge in [-0.2, -0.15) is 4.98 Å². The zero-order chi connectivity index (χ0) is 13.8. The van der Waals surface area contributed by atoms with Crippen molar-refractivity contribution in [3.8, 4) is 0 Å². The molecule has 2 heterocycles. The maximum absolute atomic E-state index is 5.56. The third-order valence-corrected chi connectivity index (χ3v) is 4.43. The van der Waals surface area contributed by atoms with E-state index in [0.29, 0.717) is 12.0 Å². The van der Waals surface area contributed by atoms with Crippen LogP contribution in [0.15, 0.2) is 4.52 Å². The first-order valence-corrected chi connectivity index (χ1v) is 7.72. The standard InChI is InChI=1S/C14H24N4O2/c1-15-12-6-4-2-3-5-11(12)13-16-14(17-20-13)18-7-9-19-10-8-18/h11-12,15H,2-10H2,1H3. The molecule has 0 spiro atoms. The number of nitrogens with zero attached hydrogens (tertiary/aromatic N) is 3. The quantitative estimate of drug-likeness (QED) is 0.847. The Morgan fingerprint density at radius 1 is 1.15 bits per heavy atom. The van der Waals surface area contributed by atoms with Gasteiger partial charge in [-0.1, -0.05) is 19.3 Å². The smallest absolute Gasteiger partial charge is 0.266 e. The van der Waals surface area contributed by atoms with Crippen LogP contribution in [0.4, 0.5) is 5.95 Å². The third-order valence-electron chi connectivity index (χ3n) is 4.43. The van der Waals surface area contributed by atoms with Gasteiger partial charge >= 0.3 is 0 Å². The van der Waals surface area contributed by atoms with Gasteiger partial charge in [0, 0.05) is 19.1 Å². The lowest BCUT2D eigenvalue weighted by molar-refractivity contribution is 0.121. The van der Waals surface area contributed by atoms with Gasteiger partial charge in [0.25, 0.3) is 5.95 Å². The summed E-state index contributed by atoms with van der Waals surface area (Å²) in [6, 6.07) is 0.454. The molecule has 2 atom stereocenters. The minimum Gasteiger partial charge on any atom is -0.378 e. The number of nitrogens with one attached hydrogen (secondary N) is 1. The molecule has 3 rings (SSSR count). The first kappa shape index (κ1) is 13.8. The highest BCUT2D eigenvalue weighted by atomic mass is 16.5. The molecule has 2 unspecified atom stereocenters. The summed E-state index contributed by atoms with van der Waals surface area (Å²) < 4.78 is 10.9. The number of hydrogen-bond donors (Lipinski definition) is 1. The summed E-state index contributed by atoms with van der Waals surface area (Å²) in [7, 11) is 2.03. The second-order valence-electron chi connectivity index (χ2n) is 5.67. The Morgan fingerprint density at radius 3 is 2.75 bits per heavy atom. The first-order valence-electron chi connectivity index (χ1n) is 7.72. The lowest BCUT2D eigenvalue weighted by Crippen LogP contribution is -2.37. The van der Waals surface area contributed by atoms with E-state index < -0.39 is 0 Å². The summed E-state index contributed by atoms with van der Waals surface area (Å²) in [6.45, 7) is 3.18. The molecule has 0 aromatic carbocycles. The molecule has 6 heteroatoms. The molecule has 0 bridgehead atoms. The Morgan fingerprint density at radius 2 is 1.95 bits per heavy atom. The lowest BCUT2D eigenvalue weighted by atomic mass is 9.95. The molecule has 2 fully saturated rings.